The van der Waals surface area contributed by atoms with E-state index >= 15 is 0 Å². The number of nitrogens with zero attached hydrogens (tertiary/aromatic N) is 1. The van der Waals surface area contributed by atoms with Crippen molar-refractivity contribution < 1.29 is 4.79 Å². The molecule has 0 unspecified atom stereocenters. The quantitative estimate of drug-likeness (QED) is 0.796. The molecule has 102 valence electrons. The van der Waals surface area contributed by atoms with E-state index in [1.54, 1.807) is 5.56 Å². The number of amides is 1. The Morgan fingerprint density at radius 3 is 2.68 bits per heavy atom. The van der Waals surface area contributed by atoms with Crippen LogP contribution in [0.3, 0.4) is 0 Å². The number of hydrogen-bond acceptors (Lipinski definition) is 1. The number of carbonyl (C=O) groups excluding carboxylic acids is 1. The van der Waals surface area contributed by atoms with Gasteiger partial charge in [-0.05, 0) is 48.6 Å². The fourth-order valence-electron chi connectivity index (χ4n) is 3.84. The van der Waals surface area contributed by atoms with Crippen molar-refractivity contribution in [1.29, 1.82) is 0 Å². The molecule has 1 aromatic carbocycles. The van der Waals surface area contributed by atoms with Crippen LogP contribution in [-0.2, 0) is 16.6 Å². The van der Waals surface area contributed by atoms with Crippen molar-refractivity contribution in [3.63, 3.8) is 0 Å². The monoisotopic (exact) mass is 257 g/mol. The van der Waals surface area contributed by atoms with Crippen molar-refractivity contribution in [2.45, 2.75) is 50.9 Å². The van der Waals surface area contributed by atoms with E-state index in [0.717, 1.165) is 32.4 Å². The number of carbonyl (C=O) groups is 1. The number of rotatable bonds is 2. The number of piperidine rings is 1. The molecule has 0 atom stereocenters. The highest BCUT2D eigenvalue weighted by Gasteiger charge is 2.41. The minimum absolute atomic E-state index is 0.351. The largest absolute Gasteiger partial charge is 0.343 e. The predicted molar refractivity (Wildman–Crippen MR) is 77.2 cm³/mol. The van der Waals surface area contributed by atoms with Crippen LogP contribution in [-0.4, -0.2) is 23.9 Å². The number of likely N-dealkylation sites (tertiary alicyclic amines) is 1. The first-order valence-electron chi connectivity index (χ1n) is 7.61. The summed E-state index contributed by atoms with van der Waals surface area (Å²) in [6, 6.07) is 8.91. The third-order valence-corrected chi connectivity index (χ3v) is 5.00. The summed E-state index contributed by atoms with van der Waals surface area (Å²) >= 11 is 0. The molecule has 0 bridgehead atoms. The minimum Gasteiger partial charge on any atom is -0.343 e. The zero-order chi connectivity index (χ0) is 13.3. The van der Waals surface area contributed by atoms with Crippen LogP contribution in [0.15, 0.2) is 24.3 Å². The van der Waals surface area contributed by atoms with Gasteiger partial charge in [0.2, 0.25) is 5.91 Å². The van der Waals surface area contributed by atoms with Crippen molar-refractivity contribution in [3.05, 3.63) is 35.4 Å². The zero-order valence-electron chi connectivity index (χ0n) is 11.8. The van der Waals surface area contributed by atoms with E-state index in [1.807, 2.05) is 0 Å². The van der Waals surface area contributed by atoms with Gasteiger partial charge in [-0.1, -0.05) is 31.2 Å². The summed E-state index contributed by atoms with van der Waals surface area (Å²) in [5.74, 6) is 0.351. The molecule has 1 spiro atoms. The van der Waals surface area contributed by atoms with E-state index in [-0.39, 0.29) is 0 Å². The smallest absolute Gasteiger partial charge is 0.222 e. The van der Waals surface area contributed by atoms with Gasteiger partial charge in [-0.25, -0.2) is 0 Å². The molecule has 19 heavy (non-hydrogen) atoms. The molecule has 0 aromatic heterocycles. The van der Waals surface area contributed by atoms with Crippen LogP contribution >= 0.6 is 0 Å². The highest BCUT2D eigenvalue weighted by Crippen LogP contribution is 2.46. The number of aryl methyl sites for hydroxylation is 1. The average Bonchev–Trinajstić information content (AvgIpc) is 2.80. The molecule has 0 N–H and O–H groups in total. The first-order valence-corrected chi connectivity index (χ1v) is 7.61. The molecule has 0 saturated carbocycles. The lowest BCUT2D eigenvalue weighted by Gasteiger charge is -2.40. The Labute approximate surface area is 115 Å². The van der Waals surface area contributed by atoms with Gasteiger partial charge in [-0.3, -0.25) is 4.79 Å². The molecule has 3 rings (SSSR count). The maximum atomic E-state index is 12.0. The van der Waals surface area contributed by atoms with E-state index in [2.05, 4.69) is 36.1 Å². The average molecular weight is 257 g/mol. The SMILES string of the molecule is CCCC(=O)N1CCC2(CCc3ccccc32)CC1. The van der Waals surface area contributed by atoms with E-state index in [1.165, 1.54) is 18.4 Å². The lowest BCUT2D eigenvalue weighted by molar-refractivity contribution is -0.132. The van der Waals surface area contributed by atoms with Crippen LogP contribution in [0, 0.1) is 0 Å². The molecular formula is C17H23NO. The van der Waals surface area contributed by atoms with Crippen molar-refractivity contribution in [3.8, 4) is 0 Å². The molecule has 2 aliphatic rings. The van der Waals surface area contributed by atoms with Gasteiger partial charge in [0.1, 0.15) is 0 Å². The second-order valence-corrected chi connectivity index (χ2v) is 6.07. The fraction of sp³-hybridized carbons (Fsp3) is 0.588. The lowest BCUT2D eigenvalue weighted by atomic mass is 9.74. The Morgan fingerprint density at radius 2 is 1.95 bits per heavy atom. The van der Waals surface area contributed by atoms with Crippen LogP contribution in [0.4, 0.5) is 0 Å². The summed E-state index contributed by atoms with van der Waals surface area (Å²) in [5.41, 5.74) is 3.48. The molecule has 1 amide bonds. The summed E-state index contributed by atoms with van der Waals surface area (Å²) in [6.45, 7) is 3.98. The Morgan fingerprint density at radius 1 is 1.21 bits per heavy atom. The molecule has 1 fully saturated rings. The molecule has 2 heteroatoms. The minimum atomic E-state index is 0.351. The first-order chi connectivity index (χ1) is 9.25. The highest BCUT2D eigenvalue weighted by molar-refractivity contribution is 5.76. The summed E-state index contributed by atoms with van der Waals surface area (Å²) in [6.07, 6.45) is 6.48. The topological polar surface area (TPSA) is 20.3 Å². The van der Waals surface area contributed by atoms with Gasteiger partial charge >= 0.3 is 0 Å². The summed E-state index contributed by atoms with van der Waals surface area (Å²) in [5, 5.41) is 0. The van der Waals surface area contributed by atoms with Crippen LogP contribution in [0.2, 0.25) is 0 Å². The summed E-state index contributed by atoms with van der Waals surface area (Å²) in [4.78, 5) is 14.1. The molecule has 2 nitrogen and oxygen atoms in total. The Balaban J connectivity index is 1.72. The van der Waals surface area contributed by atoms with Crippen LogP contribution in [0.5, 0.6) is 0 Å². The van der Waals surface area contributed by atoms with Crippen molar-refractivity contribution >= 4 is 5.91 Å². The third kappa shape index (κ3) is 2.18. The second kappa shape index (κ2) is 4.99. The summed E-state index contributed by atoms with van der Waals surface area (Å²) < 4.78 is 0. The van der Waals surface area contributed by atoms with Crippen LogP contribution in [0.25, 0.3) is 0 Å². The van der Waals surface area contributed by atoms with E-state index in [9.17, 15) is 4.79 Å². The van der Waals surface area contributed by atoms with Crippen molar-refractivity contribution in [2.24, 2.45) is 0 Å². The molecule has 0 radical (unpaired) electrons. The second-order valence-electron chi connectivity index (χ2n) is 6.07. The Kier molecular flexibility index (Phi) is 3.34. The number of hydrogen-bond donors (Lipinski definition) is 0. The van der Waals surface area contributed by atoms with Gasteiger partial charge in [-0.15, -0.1) is 0 Å². The van der Waals surface area contributed by atoms with Gasteiger partial charge in [0.25, 0.3) is 0 Å². The van der Waals surface area contributed by atoms with Gasteiger partial charge in [0.15, 0.2) is 0 Å². The van der Waals surface area contributed by atoms with Gasteiger partial charge in [0.05, 0.1) is 0 Å². The third-order valence-electron chi connectivity index (χ3n) is 5.00. The molecule has 1 aliphatic heterocycles. The first kappa shape index (κ1) is 12.7. The van der Waals surface area contributed by atoms with Crippen LogP contribution < -0.4 is 0 Å². The molecule has 1 heterocycles. The van der Waals surface area contributed by atoms with Crippen molar-refractivity contribution in [2.75, 3.05) is 13.1 Å². The van der Waals surface area contributed by atoms with Crippen LogP contribution in [0.1, 0.15) is 50.2 Å². The Hall–Kier alpha value is -1.31. The Bertz CT molecular complexity index is 472. The standard InChI is InChI=1S/C17H23NO/c1-2-5-16(19)18-12-10-17(11-13-18)9-8-14-6-3-4-7-15(14)17/h3-4,6-7H,2,5,8-13H2,1H3. The van der Waals surface area contributed by atoms with Crippen molar-refractivity contribution in [1.82, 2.24) is 4.90 Å². The van der Waals surface area contributed by atoms with E-state index < -0.39 is 0 Å². The highest BCUT2D eigenvalue weighted by atomic mass is 16.2. The molecule has 1 aliphatic carbocycles. The van der Waals surface area contributed by atoms with E-state index in [0.29, 0.717) is 17.7 Å². The number of fused-ring (bicyclic) bond motifs is 2. The zero-order valence-corrected chi connectivity index (χ0v) is 11.8. The predicted octanol–water partition coefficient (Wildman–Crippen LogP) is 3.29. The van der Waals surface area contributed by atoms with Gasteiger partial charge < -0.3 is 4.90 Å². The van der Waals surface area contributed by atoms with Gasteiger partial charge in [0, 0.05) is 19.5 Å². The van der Waals surface area contributed by atoms with Gasteiger partial charge in [-0.2, -0.15) is 0 Å². The molecule has 1 aromatic rings. The number of benzene rings is 1. The fourth-order valence-corrected chi connectivity index (χ4v) is 3.84. The maximum absolute atomic E-state index is 12.0. The molecule has 1 saturated heterocycles. The lowest BCUT2D eigenvalue weighted by Crippen LogP contribution is -2.44. The normalized spacial score (nSPS) is 20.6. The summed E-state index contributed by atoms with van der Waals surface area (Å²) in [7, 11) is 0. The van der Waals surface area contributed by atoms with E-state index in [4.69, 9.17) is 0 Å². The maximum Gasteiger partial charge on any atom is 0.222 e. The molecular weight excluding hydrogens is 234 g/mol.